The highest BCUT2D eigenvalue weighted by Crippen LogP contribution is 2.28. The van der Waals surface area contributed by atoms with Gasteiger partial charge in [0.15, 0.2) is 0 Å². The van der Waals surface area contributed by atoms with Crippen LogP contribution < -0.4 is 10.6 Å². The van der Waals surface area contributed by atoms with Gasteiger partial charge in [-0.2, -0.15) is 0 Å². The maximum absolute atomic E-state index is 11.4. The van der Waals surface area contributed by atoms with Crippen molar-refractivity contribution >= 4 is 56.1 Å². The van der Waals surface area contributed by atoms with Crippen molar-refractivity contribution in [1.29, 1.82) is 0 Å². The van der Waals surface area contributed by atoms with Crippen LogP contribution in [0.4, 0.5) is 11.4 Å². The zero-order chi connectivity index (χ0) is 14.5. The van der Waals surface area contributed by atoms with E-state index in [0.29, 0.717) is 18.0 Å². The Hall–Kier alpha value is -1.04. The van der Waals surface area contributed by atoms with Gasteiger partial charge in [-0.15, -0.1) is 11.3 Å². The summed E-state index contributed by atoms with van der Waals surface area (Å²) in [4.78, 5) is 12.6. The molecule has 0 fully saturated rings. The molecule has 1 aromatic heterocycles. The van der Waals surface area contributed by atoms with Gasteiger partial charge in [-0.25, -0.2) is 0 Å². The van der Waals surface area contributed by atoms with Crippen LogP contribution in [0.2, 0.25) is 5.02 Å². The Morgan fingerprint density at radius 3 is 2.80 bits per heavy atom. The Kier molecular flexibility index (Phi) is 5.46. The molecule has 6 heteroatoms. The molecule has 2 N–H and O–H groups in total. The number of carbonyl (C=O) groups is 1. The molecule has 0 aliphatic heterocycles. The SMILES string of the molecule is CCC(=O)Nc1ccc(Cl)c(NCc2ccc(Br)s2)c1. The lowest BCUT2D eigenvalue weighted by Gasteiger charge is -2.10. The van der Waals surface area contributed by atoms with Crippen molar-refractivity contribution in [2.24, 2.45) is 0 Å². The molecule has 0 aliphatic carbocycles. The van der Waals surface area contributed by atoms with E-state index in [1.807, 2.05) is 19.1 Å². The van der Waals surface area contributed by atoms with Crippen LogP contribution >= 0.6 is 38.9 Å². The number of rotatable bonds is 5. The molecule has 0 aliphatic rings. The first kappa shape index (κ1) is 15.4. The van der Waals surface area contributed by atoms with Gasteiger partial charge in [0.1, 0.15) is 0 Å². The Balaban J connectivity index is 2.06. The van der Waals surface area contributed by atoms with Gasteiger partial charge in [0.05, 0.1) is 14.5 Å². The molecular weight excluding hydrogens is 360 g/mol. The van der Waals surface area contributed by atoms with Crippen LogP contribution in [0.5, 0.6) is 0 Å². The summed E-state index contributed by atoms with van der Waals surface area (Å²) in [5.41, 5.74) is 1.56. The Morgan fingerprint density at radius 2 is 2.15 bits per heavy atom. The third kappa shape index (κ3) is 4.23. The van der Waals surface area contributed by atoms with Gasteiger partial charge in [0.2, 0.25) is 5.91 Å². The minimum absolute atomic E-state index is 0.0135. The quantitative estimate of drug-likeness (QED) is 0.763. The van der Waals surface area contributed by atoms with E-state index < -0.39 is 0 Å². The number of hydrogen-bond acceptors (Lipinski definition) is 3. The number of benzene rings is 1. The summed E-state index contributed by atoms with van der Waals surface area (Å²) in [5, 5.41) is 6.73. The van der Waals surface area contributed by atoms with Crippen molar-refractivity contribution in [2.45, 2.75) is 19.9 Å². The molecule has 1 amide bonds. The lowest BCUT2D eigenvalue weighted by molar-refractivity contribution is -0.115. The summed E-state index contributed by atoms with van der Waals surface area (Å²) in [5.74, 6) is -0.0135. The van der Waals surface area contributed by atoms with E-state index in [-0.39, 0.29) is 5.91 Å². The van der Waals surface area contributed by atoms with E-state index >= 15 is 0 Å². The second-order valence-electron chi connectivity index (χ2n) is 4.16. The lowest BCUT2D eigenvalue weighted by atomic mass is 10.2. The smallest absolute Gasteiger partial charge is 0.224 e. The molecule has 0 unspecified atom stereocenters. The fourth-order valence-corrected chi connectivity index (χ4v) is 3.22. The van der Waals surface area contributed by atoms with Gasteiger partial charge in [0.25, 0.3) is 0 Å². The molecule has 2 aromatic rings. The first-order chi connectivity index (χ1) is 9.58. The second kappa shape index (κ2) is 7.11. The minimum Gasteiger partial charge on any atom is -0.379 e. The molecule has 2 rings (SSSR count). The highest BCUT2D eigenvalue weighted by atomic mass is 79.9. The van der Waals surface area contributed by atoms with Crippen molar-refractivity contribution in [3.63, 3.8) is 0 Å². The third-order valence-corrected chi connectivity index (χ3v) is 4.61. The fourth-order valence-electron chi connectivity index (χ4n) is 1.62. The van der Waals surface area contributed by atoms with Crippen molar-refractivity contribution in [1.82, 2.24) is 0 Å². The number of nitrogens with one attached hydrogen (secondary N) is 2. The number of halogens is 2. The van der Waals surface area contributed by atoms with E-state index in [9.17, 15) is 4.79 Å². The Labute approximate surface area is 135 Å². The summed E-state index contributed by atoms with van der Waals surface area (Å²) in [7, 11) is 0. The number of anilines is 2. The summed E-state index contributed by atoms with van der Waals surface area (Å²) < 4.78 is 1.10. The van der Waals surface area contributed by atoms with E-state index in [1.54, 1.807) is 23.5 Å². The predicted molar refractivity (Wildman–Crippen MR) is 89.7 cm³/mol. The fraction of sp³-hybridized carbons (Fsp3) is 0.214. The van der Waals surface area contributed by atoms with Crippen LogP contribution in [-0.4, -0.2) is 5.91 Å². The zero-order valence-electron chi connectivity index (χ0n) is 10.9. The summed E-state index contributed by atoms with van der Waals surface area (Å²) in [6, 6.07) is 9.49. The largest absolute Gasteiger partial charge is 0.379 e. The average molecular weight is 374 g/mol. The zero-order valence-corrected chi connectivity index (χ0v) is 14.0. The van der Waals surface area contributed by atoms with Gasteiger partial charge in [0, 0.05) is 23.5 Å². The summed E-state index contributed by atoms with van der Waals surface area (Å²) in [6.45, 7) is 2.51. The van der Waals surface area contributed by atoms with E-state index in [0.717, 1.165) is 15.2 Å². The predicted octanol–water partition coefficient (Wildman–Crippen LogP) is 5.12. The molecular formula is C14H14BrClN2OS. The first-order valence-corrected chi connectivity index (χ1v) is 8.14. The van der Waals surface area contributed by atoms with E-state index in [1.165, 1.54) is 4.88 Å². The standard InChI is InChI=1S/C14H14BrClN2OS/c1-2-14(19)18-9-3-5-11(16)12(7-9)17-8-10-4-6-13(15)20-10/h3-7,17H,2,8H2,1H3,(H,18,19). The van der Waals surface area contributed by atoms with Gasteiger partial charge < -0.3 is 10.6 Å². The van der Waals surface area contributed by atoms with Crippen molar-refractivity contribution in [3.05, 3.63) is 44.0 Å². The highest BCUT2D eigenvalue weighted by molar-refractivity contribution is 9.11. The van der Waals surface area contributed by atoms with Crippen molar-refractivity contribution < 1.29 is 4.79 Å². The maximum Gasteiger partial charge on any atom is 0.224 e. The molecule has 0 saturated heterocycles. The maximum atomic E-state index is 11.4. The van der Waals surface area contributed by atoms with Crippen molar-refractivity contribution in [2.75, 3.05) is 10.6 Å². The topological polar surface area (TPSA) is 41.1 Å². The summed E-state index contributed by atoms with van der Waals surface area (Å²) in [6.07, 6.45) is 0.453. The number of amides is 1. The third-order valence-electron chi connectivity index (χ3n) is 2.65. The van der Waals surface area contributed by atoms with Crippen LogP contribution in [0.15, 0.2) is 34.1 Å². The van der Waals surface area contributed by atoms with Crippen LogP contribution in [0.3, 0.4) is 0 Å². The van der Waals surface area contributed by atoms with Crippen LogP contribution in [0.1, 0.15) is 18.2 Å². The highest BCUT2D eigenvalue weighted by Gasteiger charge is 2.05. The van der Waals surface area contributed by atoms with E-state index in [4.69, 9.17) is 11.6 Å². The lowest BCUT2D eigenvalue weighted by Crippen LogP contribution is -2.09. The molecule has 20 heavy (non-hydrogen) atoms. The summed E-state index contributed by atoms with van der Waals surface area (Å²) >= 11 is 11.3. The molecule has 0 radical (unpaired) electrons. The first-order valence-electron chi connectivity index (χ1n) is 6.16. The number of carbonyl (C=O) groups excluding carboxylic acids is 1. The molecule has 1 heterocycles. The van der Waals surface area contributed by atoms with Crippen LogP contribution in [-0.2, 0) is 11.3 Å². The van der Waals surface area contributed by atoms with Gasteiger partial charge in [-0.3, -0.25) is 4.79 Å². The number of thiophene rings is 1. The molecule has 106 valence electrons. The van der Waals surface area contributed by atoms with Gasteiger partial charge in [-0.05, 0) is 46.3 Å². The molecule has 0 bridgehead atoms. The van der Waals surface area contributed by atoms with Gasteiger partial charge in [-0.1, -0.05) is 18.5 Å². The van der Waals surface area contributed by atoms with E-state index in [2.05, 4.69) is 32.6 Å². The Bertz CT molecular complexity index is 615. The monoisotopic (exact) mass is 372 g/mol. The minimum atomic E-state index is -0.0135. The molecule has 3 nitrogen and oxygen atoms in total. The molecule has 0 saturated carbocycles. The Morgan fingerprint density at radius 1 is 1.35 bits per heavy atom. The normalized spacial score (nSPS) is 10.3. The van der Waals surface area contributed by atoms with Crippen molar-refractivity contribution in [3.8, 4) is 0 Å². The molecule has 0 atom stereocenters. The molecule has 1 aromatic carbocycles. The molecule has 0 spiro atoms. The van der Waals surface area contributed by atoms with Gasteiger partial charge >= 0.3 is 0 Å². The number of hydrogen-bond donors (Lipinski definition) is 2. The van der Waals surface area contributed by atoms with Crippen LogP contribution in [0.25, 0.3) is 0 Å². The van der Waals surface area contributed by atoms with Crippen LogP contribution in [0, 0.1) is 0 Å². The second-order valence-corrected chi connectivity index (χ2v) is 7.11. The average Bonchev–Trinajstić information content (AvgIpc) is 2.85.